The van der Waals surface area contributed by atoms with E-state index in [1.54, 1.807) is 0 Å². The zero-order valence-electron chi connectivity index (χ0n) is 13.7. The molecule has 140 valence electrons. The third-order valence-electron chi connectivity index (χ3n) is 3.72. The maximum Gasteiger partial charge on any atom is 0.290 e. The minimum atomic E-state index is -4.19. The Bertz CT molecular complexity index is 860. The van der Waals surface area contributed by atoms with Gasteiger partial charge in [-0.05, 0) is 25.0 Å². The Balaban J connectivity index is 2.38. The van der Waals surface area contributed by atoms with Crippen LogP contribution in [-0.2, 0) is 24.8 Å². The molecule has 0 bridgehead atoms. The van der Waals surface area contributed by atoms with Crippen molar-refractivity contribution in [1.82, 2.24) is 9.03 Å². The Kier molecular flexibility index (Phi) is 5.79. The molecule has 0 spiro atoms. The molecule has 0 saturated carbocycles. The van der Waals surface area contributed by atoms with Crippen molar-refractivity contribution in [1.29, 1.82) is 0 Å². The van der Waals surface area contributed by atoms with Crippen LogP contribution in [0.4, 0.5) is 5.69 Å². The molecule has 1 atom stereocenters. The first-order valence-corrected chi connectivity index (χ1v) is 10.3. The van der Waals surface area contributed by atoms with Gasteiger partial charge in [-0.15, -0.1) is 0 Å². The highest BCUT2D eigenvalue weighted by Crippen LogP contribution is 2.28. The van der Waals surface area contributed by atoms with Gasteiger partial charge in [-0.1, -0.05) is 0 Å². The Hall–Kier alpha value is -1.60. The standard InChI is InChI=1S/C13H19N3O7S2/c1-15(2)25(21,22)11-5-6-13(12(8-11)16(17)18)24(19,20)14-9-10-4-3-7-23-10/h5-6,8,10,14H,3-4,7,9H2,1-2H3. The van der Waals surface area contributed by atoms with Crippen molar-refractivity contribution in [2.24, 2.45) is 0 Å². The number of hydrogen-bond acceptors (Lipinski definition) is 7. The lowest BCUT2D eigenvalue weighted by Crippen LogP contribution is -2.32. The van der Waals surface area contributed by atoms with Gasteiger partial charge < -0.3 is 4.74 Å². The molecule has 1 aliphatic heterocycles. The highest BCUT2D eigenvalue weighted by Gasteiger charge is 2.30. The normalized spacial score (nSPS) is 18.6. The number of ether oxygens (including phenoxy) is 1. The van der Waals surface area contributed by atoms with Gasteiger partial charge in [0.05, 0.1) is 15.9 Å². The van der Waals surface area contributed by atoms with Gasteiger partial charge in [0, 0.05) is 33.3 Å². The summed E-state index contributed by atoms with van der Waals surface area (Å²) in [5.74, 6) is 0. The van der Waals surface area contributed by atoms with Crippen LogP contribution in [-0.4, -0.2) is 59.4 Å². The molecule has 1 unspecified atom stereocenters. The van der Waals surface area contributed by atoms with Gasteiger partial charge in [0.15, 0.2) is 4.90 Å². The van der Waals surface area contributed by atoms with Crippen LogP contribution in [0.3, 0.4) is 0 Å². The molecule has 0 aliphatic carbocycles. The molecular weight excluding hydrogens is 374 g/mol. The van der Waals surface area contributed by atoms with E-state index in [9.17, 15) is 26.9 Å². The van der Waals surface area contributed by atoms with Crippen LogP contribution >= 0.6 is 0 Å². The summed E-state index contributed by atoms with van der Waals surface area (Å²) in [5, 5.41) is 11.3. The van der Waals surface area contributed by atoms with E-state index in [-0.39, 0.29) is 17.5 Å². The minimum absolute atomic E-state index is 0.00274. The topological polar surface area (TPSA) is 136 Å². The molecule has 1 aromatic rings. The summed E-state index contributed by atoms with van der Waals surface area (Å²) in [7, 11) is -5.57. The zero-order chi connectivity index (χ0) is 18.8. The fourth-order valence-electron chi connectivity index (χ4n) is 2.32. The molecule has 1 saturated heterocycles. The summed E-state index contributed by atoms with van der Waals surface area (Å²) in [6, 6.07) is 2.70. The van der Waals surface area contributed by atoms with Gasteiger partial charge in [-0.2, -0.15) is 0 Å². The third kappa shape index (κ3) is 4.33. The average Bonchev–Trinajstić information content (AvgIpc) is 3.05. The molecular formula is C13H19N3O7S2. The van der Waals surface area contributed by atoms with Crippen LogP contribution in [0.2, 0.25) is 0 Å². The quantitative estimate of drug-likeness (QED) is 0.520. The van der Waals surface area contributed by atoms with E-state index in [4.69, 9.17) is 4.74 Å². The monoisotopic (exact) mass is 393 g/mol. The summed E-state index contributed by atoms with van der Waals surface area (Å²) in [6.45, 7) is 0.543. The average molecular weight is 393 g/mol. The molecule has 1 N–H and O–H groups in total. The number of hydrogen-bond donors (Lipinski definition) is 1. The van der Waals surface area contributed by atoms with Gasteiger partial charge in [0.25, 0.3) is 5.69 Å². The van der Waals surface area contributed by atoms with Crippen molar-refractivity contribution in [2.45, 2.75) is 28.7 Å². The van der Waals surface area contributed by atoms with E-state index in [1.165, 1.54) is 14.1 Å². The van der Waals surface area contributed by atoms with Crippen LogP contribution in [0.25, 0.3) is 0 Å². The summed E-state index contributed by atoms with van der Waals surface area (Å²) >= 11 is 0. The number of rotatable bonds is 7. The predicted octanol–water partition coefficient (Wildman–Crippen LogP) is 0.302. The van der Waals surface area contributed by atoms with E-state index in [2.05, 4.69) is 4.72 Å². The number of nitro groups is 1. The molecule has 0 radical (unpaired) electrons. The number of nitro benzene ring substituents is 1. The Morgan fingerprint density at radius 1 is 1.32 bits per heavy atom. The van der Waals surface area contributed by atoms with E-state index < -0.39 is 35.6 Å². The molecule has 0 amide bonds. The van der Waals surface area contributed by atoms with Gasteiger partial charge in [-0.3, -0.25) is 10.1 Å². The first kappa shape index (κ1) is 19.7. The molecule has 0 aromatic heterocycles. The second-order valence-electron chi connectivity index (χ2n) is 5.66. The van der Waals surface area contributed by atoms with Crippen LogP contribution in [0.5, 0.6) is 0 Å². The second kappa shape index (κ2) is 7.33. The van der Waals surface area contributed by atoms with Gasteiger partial charge >= 0.3 is 0 Å². The Labute approximate surface area is 146 Å². The van der Waals surface area contributed by atoms with Crippen molar-refractivity contribution in [3.8, 4) is 0 Å². The van der Waals surface area contributed by atoms with Crippen LogP contribution in [0.15, 0.2) is 28.0 Å². The molecule has 1 heterocycles. The highest BCUT2D eigenvalue weighted by molar-refractivity contribution is 7.90. The summed E-state index contributed by atoms with van der Waals surface area (Å²) < 4.78 is 57.4. The van der Waals surface area contributed by atoms with Crippen molar-refractivity contribution in [2.75, 3.05) is 27.2 Å². The molecule has 1 fully saturated rings. The number of sulfonamides is 2. The summed E-state index contributed by atoms with van der Waals surface area (Å²) in [5.41, 5.74) is -0.803. The summed E-state index contributed by atoms with van der Waals surface area (Å²) in [6.07, 6.45) is 1.25. The Morgan fingerprint density at radius 3 is 2.52 bits per heavy atom. The first-order chi connectivity index (χ1) is 11.6. The Morgan fingerprint density at radius 2 is 2.00 bits per heavy atom. The van der Waals surface area contributed by atoms with Gasteiger partial charge in [0.1, 0.15) is 0 Å². The maximum absolute atomic E-state index is 12.4. The molecule has 12 heteroatoms. The smallest absolute Gasteiger partial charge is 0.290 e. The molecule has 10 nitrogen and oxygen atoms in total. The fourth-order valence-corrected chi connectivity index (χ4v) is 4.46. The van der Waals surface area contributed by atoms with Crippen molar-refractivity contribution < 1.29 is 26.5 Å². The van der Waals surface area contributed by atoms with Crippen LogP contribution in [0, 0.1) is 10.1 Å². The first-order valence-electron chi connectivity index (χ1n) is 7.38. The van der Waals surface area contributed by atoms with Gasteiger partial charge in [0.2, 0.25) is 20.0 Å². The van der Waals surface area contributed by atoms with E-state index in [1.807, 2.05) is 0 Å². The lowest BCUT2D eigenvalue weighted by Gasteiger charge is -2.13. The molecule has 1 aliphatic rings. The largest absolute Gasteiger partial charge is 0.377 e. The SMILES string of the molecule is CN(C)S(=O)(=O)c1ccc(S(=O)(=O)NCC2CCCO2)c([N+](=O)[O-])c1. The second-order valence-corrected chi connectivity index (χ2v) is 9.55. The molecule has 25 heavy (non-hydrogen) atoms. The zero-order valence-corrected chi connectivity index (χ0v) is 15.3. The highest BCUT2D eigenvalue weighted by atomic mass is 32.2. The molecule has 1 aromatic carbocycles. The van der Waals surface area contributed by atoms with Gasteiger partial charge in [-0.25, -0.2) is 25.9 Å². The van der Waals surface area contributed by atoms with Crippen molar-refractivity contribution in [3.63, 3.8) is 0 Å². The van der Waals surface area contributed by atoms with Crippen LogP contribution in [0.1, 0.15) is 12.8 Å². The number of benzene rings is 1. The predicted molar refractivity (Wildman–Crippen MR) is 88.1 cm³/mol. The fraction of sp³-hybridized carbons (Fsp3) is 0.538. The molecule has 2 rings (SSSR count). The lowest BCUT2D eigenvalue weighted by atomic mass is 10.2. The number of nitrogens with one attached hydrogen (secondary N) is 1. The summed E-state index contributed by atoms with van der Waals surface area (Å²) in [4.78, 5) is 9.39. The van der Waals surface area contributed by atoms with Crippen molar-refractivity contribution >= 4 is 25.7 Å². The van der Waals surface area contributed by atoms with E-state index in [0.717, 1.165) is 28.9 Å². The van der Waals surface area contributed by atoms with E-state index in [0.29, 0.717) is 13.0 Å². The van der Waals surface area contributed by atoms with E-state index >= 15 is 0 Å². The lowest BCUT2D eigenvalue weighted by molar-refractivity contribution is -0.388. The van der Waals surface area contributed by atoms with Crippen LogP contribution < -0.4 is 4.72 Å². The third-order valence-corrected chi connectivity index (χ3v) is 7.00. The maximum atomic E-state index is 12.4. The van der Waals surface area contributed by atoms with Crippen molar-refractivity contribution in [3.05, 3.63) is 28.3 Å². The number of nitrogens with zero attached hydrogens (tertiary/aromatic N) is 2. The minimum Gasteiger partial charge on any atom is -0.377 e.